The normalized spacial score (nSPS) is 40.1. The second-order valence-electron chi connectivity index (χ2n) is 5.31. The maximum Gasteiger partial charge on any atom is 0.230 e. The summed E-state index contributed by atoms with van der Waals surface area (Å²) in [7, 11) is 0. The van der Waals surface area contributed by atoms with E-state index in [1.54, 1.807) is 0 Å². The third kappa shape index (κ3) is 1.68. The predicted octanol–water partition coefficient (Wildman–Crippen LogP) is 1.87. The molecule has 1 saturated heterocycles. The Morgan fingerprint density at radius 2 is 2.07 bits per heavy atom. The van der Waals surface area contributed by atoms with Gasteiger partial charge < -0.3 is 0 Å². The van der Waals surface area contributed by atoms with Gasteiger partial charge in [-0.05, 0) is 30.6 Å². The molecule has 2 fully saturated rings. The van der Waals surface area contributed by atoms with E-state index in [-0.39, 0.29) is 23.1 Å². The molecule has 0 aromatic carbocycles. The Bertz CT molecular complexity index is 292. The molecular weight excluding hydrogens is 190 g/mol. The first-order chi connectivity index (χ1) is 7.07. The molecule has 1 spiro atoms. The van der Waals surface area contributed by atoms with Crippen LogP contribution >= 0.6 is 0 Å². The van der Waals surface area contributed by atoms with Gasteiger partial charge >= 0.3 is 0 Å². The van der Waals surface area contributed by atoms with Gasteiger partial charge in [-0.25, -0.2) is 0 Å². The summed E-state index contributed by atoms with van der Waals surface area (Å²) in [5.74, 6) is 0.665. The van der Waals surface area contributed by atoms with Crippen molar-refractivity contribution in [3.8, 4) is 0 Å². The fourth-order valence-electron chi connectivity index (χ4n) is 3.47. The molecular formula is C12H19NO2. The molecule has 1 aliphatic heterocycles. The lowest BCUT2D eigenvalue weighted by Gasteiger charge is -2.52. The Balaban J connectivity index is 2.17. The fourth-order valence-corrected chi connectivity index (χ4v) is 3.47. The number of carbonyl (C=O) groups excluding carboxylic acids is 2. The maximum absolute atomic E-state index is 11.8. The first-order valence-electron chi connectivity index (χ1n) is 5.91. The molecule has 1 unspecified atom stereocenters. The molecule has 1 aliphatic carbocycles. The molecule has 1 N–H and O–H groups in total. The SMILES string of the molecule is CCCC1C(=O)NC(=O)CC12CC(C)C2. The summed E-state index contributed by atoms with van der Waals surface area (Å²) in [6.45, 7) is 4.30. The van der Waals surface area contributed by atoms with Crippen molar-refractivity contribution in [2.45, 2.75) is 46.0 Å². The van der Waals surface area contributed by atoms with Gasteiger partial charge in [-0.15, -0.1) is 0 Å². The van der Waals surface area contributed by atoms with Gasteiger partial charge in [0.2, 0.25) is 11.8 Å². The lowest BCUT2D eigenvalue weighted by molar-refractivity contribution is -0.151. The predicted molar refractivity (Wildman–Crippen MR) is 57.0 cm³/mol. The van der Waals surface area contributed by atoms with E-state index in [0.717, 1.165) is 25.7 Å². The monoisotopic (exact) mass is 209 g/mol. The fraction of sp³-hybridized carbons (Fsp3) is 0.833. The summed E-state index contributed by atoms with van der Waals surface area (Å²) < 4.78 is 0. The standard InChI is InChI=1S/C12H19NO2/c1-3-4-9-11(15)13-10(14)7-12(9)5-8(2)6-12/h8-9H,3-7H2,1-2H3,(H,13,14,15). The first kappa shape index (κ1) is 10.7. The van der Waals surface area contributed by atoms with Crippen molar-refractivity contribution < 1.29 is 9.59 Å². The van der Waals surface area contributed by atoms with Crippen molar-refractivity contribution in [3.05, 3.63) is 0 Å². The van der Waals surface area contributed by atoms with Crippen LogP contribution in [0.4, 0.5) is 0 Å². The minimum Gasteiger partial charge on any atom is -0.296 e. The Morgan fingerprint density at radius 3 is 2.60 bits per heavy atom. The average molecular weight is 209 g/mol. The Morgan fingerprint density at radius 1 is 1.40 bits per heavy atom. The first-order valence-corrected chi connectivity index (χ1v) is 5.91. The van der Waals surface area contributed by atoms with Crippen LogP contribution in [0.25, 0.3) is 0 Å². The number of hydrogen-bond donors (Lipinski definition) is 1. The van der Waals surface area contributed by atoms with Gasteiger partial charge in [-0.1, -0.05) is 20.3 Å². The smallest absolute Gasteiger partial charge is 0.230 e. The second kappa shape index (κ2) is 3.62. The molecule has 1 heterocycles. The van der Waals surface area contributed by atoms with Crippen LogP contribution in [-0.2, 0) is 9.59 Å². The zero-order chi connectivity index (χ0) is 11.1. The highest BCUT2D eigenvalue weighted by Gasteiger charge is 2.53. The van der Waals surface area contributed by atoms with Crippen LogP contribution in [0.15, 0.2) is 0 Å². The molecule has 3 nitrogen and oxygen atoms in total. The minimum absolute atomic E-state index is 0.0227. The number of rotatable bonds is 2. The van der Waals surface area contributed by atoms with Gasteiger partial charge in [0.15, 0.2) is 0 Å². The molecule has 1 atom stereocenters. The van der Waals surface area contributed by atoms with E-state index in [1.807, 2.05) is 0 Å². The van der Waals surface area contributed by atoms with Gasteiger partial charge in [0.1, 0.15) is 0 Å². The van der Waals surface area contributed by atoms with Crippen molar-refractivity contribution in [1.82, 2.24) is 5.32 Å². The number of hydrogen-bond acceptors (Lipinski definition) is 2. The van der Waals surface area contributed by atoms with Gasteiger partial charge in [-0.3, -0.25) is 14.9 Å². The quantitative estimate of drug-likeness (QED) is 0.706. The van der Waals surface area contributed by atoms with Crippen LogP contribution in [0.1, 0.15) is 46.0 Å². The molecule has 3 heteroatoms. The largest absolute Gasteiger partial charge is 0.296 e. The molecule has 15 heavy (non-hydrogen) atoms. The summed E-state index contributed by atoms with van der Waals surface area (Å²) in [5.41, 5.74) is 0.0227. The second-order valence-corrected chi connectivity index (χ2v) is 5.31. The van der Waals surface area contributed by atoms with Crippen molar-refractivity contribution >= 4 is 11.8 Å². The van der Waals surface area contributed by atoms with E-state index < -0.39 is 0 Å². The summed E-state index contributed by atoms with van der Waals surface area (Å²) in [5, 5.41) is 2.47. The van der Waals surface area contributed by atoms with Gasteiger partial charge in [0.05, 0.1) is 0 Å². The highest BCUT2D eigenvalue weighted by molar-refractivity contribution is 5.99. The average Bonchev–Trinajstić information content (AvgIpc) is 2.08. The minimum atomic E-state index is -0.0701. The summed E-state index contributed by atoms with van der Waals surface area (Å²) in [4.78, 5) is 23.2. The Labute approximate surface area is 90.6 Å². The molecule has 0 radical (unpaired) electrons. The topological polar surface area (TPSA) is 46.2 Å². The molecule has 0 bridgehead atoms. The zero-order valence-corrected chi connectivity index (χ0v) is 9.51. The molecule has 2 aliphatic rings. The lowest BCUT2D eigenvalue weighted by Crippen LogP contribution is -2.56. The van der Waals surface area contributed by atoms with Crippen molar-refractivity contribution in [1.29, 1.82) is 0 Å². The molecule has 84 valence electrons. The van der Waals surface area contributed by atoms with Crippen LogP contribution in [0, 0.1) is 17.3 Å². The van der Waals surface area contributed by atoms with Crippen molar-refractivity contribution in [3.63, 3.8) is 0 Å². The number of nitrogens with one attached hydrogen (secondary N) is 1. The van der Waals surface area contributed by atoms with E-state index in [4.69, 9.17) is 0 Å². The van der Waals surface area contributed by atoms with Gasteiger partial charge in [0.25, 0.3) is 0 Å². The maximum atomic E-state index is 11.8. The van der Waals surface area contributed by atoms with E-state index in [0.29, 0.717) is 12.3 Å². The Kier molecular flexibility index (Phi) is 2.57. The van der Waals surface area contributed by atoms with Gasteiger partial charge in [-0.2, -0.15) is 0 Å². The molecule has 1 saturated carbocycles. The van der Waals surface area contributed by atoms with Crippen LogP contribution in [0.3, 0.4) is 0 Å². The molecule has 0 aromatic rings. The molecule has 2 rings (SSSR count). The summed E-state index contributed by atoms with van der Waals surface area (Å²) in [6.07, 6.45) is 4.61. The Hall–Kier alpha value is -0.860. The van der Waals surface area contributed by atoms with Crippen LogP contribution in [0.2, 0.25) is 0 Å². The van der Waals surface area contributed by atoms with Gasteiger partial charge in [0, 0.05) is 12.3 Å². The number of imide groups is 1. The van der Waals surface area contributed by atoms with E-state index >= 15 is 0 Å². The van der Waals surface area contributed by atoms with E-state index in [2.05, 4.69) is 19.2 Å². The number of amides is 2. The van der Waals surface area contributed by atoms with E-state index in [1.165, 1.54) is 0 Å². The zero-order valence-electron chi connectivity index (χ0n) is 9.51. The number of piperidine rings is 1. The highest BCUT2D eigenvalue weighted by atomic mass is 16.2. The van der Waals surface area contributed by atoms with Crippen molar-refractivity contribution in [2.75, 3.05) is 0 Å². The molecule has 2 amide bonds. The lowest BCUT2D eigenvalue weighted by atomic mass is 9.52. The van der Waals surface area contributed by atoms with Crippen molar-refractivity contribution in [2.24, 2.45) is 17.3 Å². The summed E-state index contributed by atoms with van der Waals surface area (Å²) >= 11 is 0. The van der Waals surface area contributed by atoms with Crippen LogP contribution < -0.4 is 5.32 Å². The summed E-state index contributed by atoms with van der Waals surface area (Å²) in [6, 6.07) is 0. The van der Waals surface area contributed by atoms with Crippen LogP contribution in [0.5, 0.6) is 0 Å². The van der Waals surface area contributed by atoms with E-state index in [9.17, 15) is 9.59 Å². The number of carbonyl (C=O) groups is 2. The third-order valence-electron chi connectivity index (χ3n) is 3.92. The van der Waals surface area contributed by atoms with Crippen LogP contribution in [-0.4, -0.2) is 11.8 Å². The molecule has 0 aromatic heterocycles. The highest BCUT2D eigenvalue weighted by Crippen LogP contribution is 2.55. The third-order valence-corrected chi connectivity index (χ3v) is 3.92.